The third-order valence-electron chi connectivity index (χ3n) is 2.49. The number of anilines is 1. The highest BCUT2D eigenvalue weighted by atomic mass is 32.1. The second-order valence-electron chi connectivity index (χ2n) is 4.18. The molecule has 108 valence electrons. The molecule has 6 heteroatoms. The van der Waals surface area contributed by atoms with E-state index in [0.29, 0.717) is 16.6 Å². The molecule has 1 N–H and O–H groups in total. The standard InChI is InChI=1S/C15H14FN3OS/c1-2-3-4-8-13(20)17-15-19-18-14(21-15)10-11-6-5-7-12(16)9-11/h2-9H,10H2,1H3,(H,17,19,20). The first-order chi connectivity index (χ1) is 10.2. The Labute approximate surface area is 126 Å². The van der Waals surface area contributed by atoms with Crippen LogP contribution in [0.3, 0.4) is 0 Å². The molecule has 0 aliphatic rings. The molecule has 1 amide bonds. The van der Waals surface area contributed by atoms with Crippen LogP contribution in [0.1, 0.15) is 17.5 Å². The Bertz CT molecular complexity index is 679. The predicted molar refractivity (Wildman–Crippen MR) is 81.7 cm³/mol. The minimum Gasteiger partial charge on any atom is -0.297 e. The second kappa shape index (κ2) is 7.44. The van der Waals surface area contributed by atoms with Gasteiger partial charge >= 0.3 is 0 Å². The smallest absolute Gasteiger partial charge is 0.250 e. The third-order valence-corrected chi connectivity index (χ3v) is 3.33. The van der Waals surface area contributed by atoms with Crippen LogP contribution >= 0.6 is 11.3 Å². The van der Waals surface area contributed by atoms with E-state index in [4.69, 9.17) is 0 Å². The van der Waals surface area contributed by atoms with Crippen LogP contribution in [-0.4, -0.2) is 16.1 Å². The van der Waals surface area contributed by atoms with Gasteiger partial charge in [0.25, 0.3) is 0 Å². The van der Waals surface area contributed by atoms with Gasteiger partial charge in [-0.2, -0.15) is 0 Å². The van der Waals surface area contributed by atoms with Gasteiger partial charge in [-0.05, 0) is 24.6 Å². The highest BCUT2D eigenvalue weighted by molar-refractivity contribution is 7.15. The summed E-state index contributed by atoms with van der Waals surface area (Å²) in [5.41, 5.74) is 0.817. The van der Waals surface area contributed by atoms with Gasteiger partial charge in [-0.25, -0.2) is 4.39 Å². The van der Waals surface area contributed by atoms with Crippen molar-refractivity contribution in [1.82, 2.24) is 10.2 Å². The predicted octanol–water partition coefficient (Wildman–Crippen LogP) is 3.34. The maximum absolute atomic E-state index is 13.1. The van der Waals surface area contributed by atoms with E-state index in [2.05, 4.69) is 15.5 Å². The van der Waals surface area contributed by atoms with Gasteiger partial charge in [0.15, 0.2) is 0 Å². The molecule has 0 aliphatic heterocycles. The van der Waals surface area contributed by atoms with Gasteiger partial charge in [0.1, 0.15) is 10.8 Å². The number of hydrogen-bond acceptors (Lipinski definition) is 4. The number of aromatic nitrogens is 2. The Morgan fingerprint density at radius 3 is 3.00 bits per heavy atom. The maximum atomic E-state index is 13.1. The highest BCUT2D eigenvalue weighted by Crippen LogP contribution is 2.18. The summed E-state index contributed by atoms with van der Waals surface area (Å²) in [6, 6.07) is 6.33. The summed E-state index contributed by atoms with van der Waals surface area (Å²) in [6.45, 7) is 1.87. The van der Waals surface area contributed by atoms with Crippen molar-refractivity contribution < 1.29 is 9.18 Å². The topological polar surface area (TPSA) is 54.9 Å². The largest absolute Gasteiger partial charge is 0.297 e. The molecule has 1 aromatic carbocycles. The summed E-state index contributed by atoms with van der Waals surface area (Å²) >= 11 is 1.27. The Morgan fingerprint density at radius 1 is 1.38 bits per heavy atom. The van der Waals surface area contributed by atoms with Crippen molar-refractivity contribution in [3.63, 3.8) is 0 Å². The number of hydrogen-bond donors (Lipinski definition) is 1. The van der Waals surface area contributed by atoms with Gasteiger partial charge in [-0.15, -0.1) is 10.2 Å². The molecule has 0 saturated carbocycles. The molecule has 0 atom stereocenters. The number of carbonyl (C=O) groups excluding carboxylic acids is 1. The minimum atomic E-state index is -0.278. The number of carbonyl (C=O) groups is 1. The van der Waals surface area contributed by atoms with E-state index >= 15 is 0 Å². The van der Waals surface area contributed by atoms with Gasteiger partial charge in [0.05, 0.1) is 0 Å². The summed E-state index contributed by atoms with van der Waals surface area (Å²) < 4.78 is 13.1. The van der Waals surface area contributed by atoms with E-state index in [1.807, 2.05) is 19.1 Å². The Kier molecular flexibility index (Phi) is 5.34. The fourth-order valence-corrected chi connectivity index (χ4v) is 2.38. The average Bonchev–Trinajstić information content (AvgIpc) is 2.86. The summed E-state index contributed by atoms with van der Waals surface area (Å²) in [6.07, 6.45) is 7.12. The average molecular weight is 303 g/mol. The van der Waals surface area contributed by atoms with Crippen LogP contribution in [0.15, 0.2) is 48.6 Å². The van der Waals surface area contributed by atoms with Crippen LogP contribution < -0.4 is 5.32 Å². The summed E-state index contributed by atoms with van der Waals surface area (Å²) in [7, 11) is 0. The van der Waals surface area contributed by atoms with E-state index in [0.717, 1.165) is 5.56 Å². The Hall–Kier alpha value is -2.34. The van der Waals surface area contributed by atoms with Crippen molar-refractivity contribution in [2.24, 2.45) is 0 Å². The summed E-state index contributed by atoms with van der Waals surface area (Å²) in [4.78, 5) is 11.6. The number of nitrogens with zero attached hydrogens (tertiary/aromatic N) is 2. The van der Waals surface area contributed by atoms with E-state index in [1.165, 1.54) is 29.5 Å². The lowest BCUT2D eigenvalue weighted by Crippen LogP contribution is -2.07. The molecule has 2 rings (SSSR count). The van der Waals surface area contributed by atoms with Gasteiger partial charge < -0.3 is 0 Å². The monoisotopic (exact) mass is 303 g/mol. The molecule has 0 unspecified atom stereocenters. The first kappa shape index (κ1) is 15.1. The highest BCUT2D eigenvalue weighted by Gasteiger charge is 2.07. The van der Waals surface area contributed by atoms with E-state index in [9.17, 15) is 9.18 Å². The van der Waals surface area contributed by atoms with Crippen molar-refractivity contribution in [1.29, 1.82) is 0 Å². The zero-order valence-electron chi connectivity index (χ0n) is 11.4. The van der Waals surface area contributed by atoms with Gasteiger partial charge in [-0.3, -0.25) is 10.1 Å². The molecule has 2 aromatic rings. The van der Waals surface area contributed by atoms with Crippen LogP contribution in [0.5, 0.6) is 0 Å². The van der Waals surface area contributed by atoms with Crippen LogP contribution in [0.2, 0.25) is 0 Å². The minimum absolute atomic E-state index is 0.262. The zero-order valence-corrected chi connectivity index (χ0v) is 12.2. The number of halogens is 1. The fourth-order valence-electron chi connectivity index (χ4n) is 1.60. The van der Waals surface area contributed by atoms with E-state index in [1.54, 1.807) is 18.2 Å². The Morgan fingerprint density at radius 2 is 2.24 bits per heavy atom. The van der Waals surface area contributed by atoms with Crippen LogP contribution in [-0.2, 0) is 11.2 Å². The van der Waals surface area contributed by atoms with Crippen LogP contribution in [0, 0.1) is 5.82 Å². The molecule has 4 nitrogen and oxygen atoms in total. The van der Waals surface area contributed by atoms with Gasteiger partial charge in [0.2, 0.25) is 11.0 Å². The molecule has 0 spiro atoms. The molecule has 0 radical (unpaired) electrons. The first-order valence-electron chi connectivity index (χ1n) is 6.34. The van der Waals surface area contributed by atoms with Crippen molar-refractivity contribution >= 4 is 22.4 Å². The molecule has 0 fully saturated rings. The molecule has 21 heavy (non-hydrogen) atoms. The van der Waals surface area contributed by atoms with Gasteiger partial charge in [-0.1, -0.05) is 41.7 Å². The van der Waals surface area contributed by atoms with Gasteiger partial charge in [0, 0.05) is 12.5 Å². The quantitative estimate of drug-likeness (QED) is 0.681. The lowest BCUT2D eigenvalue weighted by molar-refractivity contribution is -0.111. The summed E-state index contributed by atoms with van der Waals surface area (Å²) in [5.74, 6) is -0.541. The number of allylic oxidation sites excluding steroid dienone is 3. The van der Waals surface area contributed by atoms with E-state index < -0.39 is 0 Å². The van der Waals surface area contributed by atoms with E-state index in [-0.39, 0.29) is 11.7 Å². The molecule has 0 saturated heterocycles. The SMILES string of the molecule is CC=CC=CC(=O)Nc1nnc(Cc2cccc(F)c2)s1. The second-order valence-corrected chi connectivity index (χ2v) is 5.24. The molecular formula is C15H14FN3OS. The maximum Gasteiger partial charge on any atom is 0.250 e. The van der Waals surface area contributed by atoms with Crippen molar-refractivity contribution in [2.45, 2.75) is 13.3 Å². The zero-order chi connectivity index (χ0) is 15.1. The van der Waals surface area contributed by atoms with Crippen molar-refractivity contribution in [3.8, 4) is 0 Å². The first-order valence-corrected chi connectivity index (χ1v) is 7.16. The molecule has 0 bridgehead atoms. The normalized spacial score (nSPS) is 11.3. The third kappa shape index (κ3) is 4.92. The lowest BCUT2D eigenvalue weighted by atomic mass is 10.1. The molecule has 1 heterocycles. The fraction of sp³-hybridized carbons (Fsp3) is 0.133. The van der Waals surface area contributed by atoms with Crippen LogP contribution in [0.4, 0.5) is 9.52 Å². The lowest BCUT2D eigenvalue weighted by Gasteiger charge is -1.96. The summed E-state index contributed by atoms with van der Waals surface area (Å²) in [5, 5.41) is 11.7. The molecular weight excluding hydrogens is 289 g/mol. The van der Waals surface area contributed by atoms with Crippen LogP contribution in [0.25, 0.3) is 0 Å². The molecule has 1 aromatic heterocycles. The number of benzene rings is 1. The number of rotatable bonds is 5. The Balaban J connectivity index is 1.97. The van der Waals surface area contributed by atoms with Crippen molar-refractivity contribution in [3.05, 3.63) is 65.0 Å². The number of amides is 1. The molecule has 0 aliphatic carbocycles. The number of nitrogens with one attached hydrogen (secondary N) is 1. The van der Waals surface area contributed by atoms with Crippen molar-refractivity contribution in [2.75, 3.05) is 5.32 Å².